The van der Waals surface area contributed by atoms with E-state index in [0.717, 1.165) is 30.7 Å². The van der Waals surface area contributed by atoms with E-state index in [1.807, 2.05) is 0 Å². The van der Waals surface area contributed by atoms with Gasteiger partial charge >= 0.3 is 0 Å². The minimum Gasteiger partial charge on any atom is -0.339 e. The largest absolute Gasteiger partial charge is 0.339 e. The van der Waals surface area contributed by atoms with Crippen molar-refractivity contribution in [3.05, 3.63) is 11.7 Å². The van der Waals surface area contributed by atoms with Crippen molar-refractivity contribution in [1.29, 1.82) is 0 Å². The summed E-state index contributed by atoms with van der Waals surface area (Å²) in [5.74, 6) is 4.30. The standard InChI is InChI=1S/C16H27N3O/c1-3-4-12-5-7-13(8-6-12)15-18-16(20-19-15)14-10-17-9-11(14)2/h11-14,17H,3-10H2,1-2H3/t11-,12?,13?,14-/m1/s1. The first-order valence-electron chi connectivity index (χ1n) is 8.32. The number of hydrogen-bond acceptors (Lipinski definition) is 4. The van der Waals surface area contributed by atoms with Crippen molar-refractivity contribution in [3.63, 3.8) is 0 Å². The maximum atomic E-state index is 5.55. The topological polar surface area (TPSA) is 51.0 Å². The Hall–Kier alpha value is -0.900. The van der Waals surface area contributed by atoms with Crippen LogP contribution in [0.15, 0.2) is 4.52 Å². The second-order valence-corrected chi connectivity index (χ2v) is 6.74. The monoisotopic (exact) mass is 277 g/mol. The van der Waals surface area contributed by atoms with Gasteiger partial charge in [0.1, 0.15) is 0 Å². The summed E-state index contributed by atoms with van der Waals surface area (Å²) in [7, 11) is 0. The predicted octanol–water partition coefficient (Wildman–Crippen LogP) is 3.47. The van der Waals surface area contributed by atoms with Crippen molar-refractivity contribution in [2.75, 3.05) is 13.1 Å². The average molecular weight is 277 g/mol. The lowest BCUT2D eigenvalue weighted by molar-refractivity contribution is 0.292. The molecule has 2 atom stereocenters. The van der Waals surface area contributed by atoms with Crippen LogP contribution in [0, 0.1) is 11.8 Å². The van der Waals surface area contributed by atoms with Gasteiger partial charge in [-0.05, 0) is 44.1 Å². The van der Waals surface area contributed by atoms with Crippen LogP contribution in [-0.4, -0.2) is 23.2 Å². The number of aromatic nitrogens is 2. The molecule has 1 aliphatic carbocycles. The minimum atomic E-state index is 0.410. The van der Waals surface area contributed by atoms with E-state index in [1.165, 1.54) is 38.5 Å². The first-order chi connectivity index (χ1) is 9.78. The molecule has 1 aromatic rings. The van der Waals surface area contributed by atoms with Gasteiger partial charge in [-0.1, -0.05) is 31.8 Å². The molecule has 1 saturated carbocycles. The fourth-order valence-corrected chi connectivity index (χ4v) is 3.82. The Morgan fingerprint density at radius 3 is 2.65 bits per heavy atom. The third kappa shape index (κ3) is 2.90. The molecular formula is C16H27N3O. The molecule has 1 N–H and O–H groups in total. The minimum absolute atomic E-state index is 0.410. The van der Waals surface area contributed by atoms with Crippen LogP contribution in [0.3, 0.4) is 0 Å². The van der Waals surface area contributed by atoms with Crippen LogP contribution in [0.25, 0.3) is 0 Å². The Labute approximate surface area is 121 Å². The van der Waals surface area contributed by atoms with E-state index in [0.29, 0.717) is 17.8 Å². The van der Waals surface area contributed by atoms with E-state index in [9.17, 15) is 0 Å². The molecule has 20 heavy (non-hydrogen) atoms. The van der Waals surface area contributed by atoms with Gasteiger partial charge in [-0.15, -0.1) is 0 Å². The third-order valence-electron chi connectivity index (χ3n) is 5.20. The highest BCUT2D eigenvalue weighted by atomic mass is 16.5. The third-order valence-corrected chi connectivity index (χ3v) is 5.20. The van der Waals surface area contributed by atoms with Gasteiger partial charge in [0.05, 0.1) is 5.92 Å². The SMILES string of the molecule is CCCC1CCC(c2noc([C@@H]3CNC[C@H]3C)n2)CC1. The molecule has 0 bridgehead atoms. The van der Waals surface area contributed by atoms with Crippen LogP contribution in [0.5, 0.6) is 0 Å². The van der Waals surface area contributed by atoms with Crippen LogP contribution in [0.1, 0.15) is 75.9 Å². The van der Waals surface area contributed by atoms with Crippen LogP contribution in [0.2, 0.25) is 0 Å². The molecule has 2 fully saturated rings. The summed E-state index contributed by atoms with van der Waals surface area (Å²) in [5, 5.41) is 7.68. The smallest absolute Gasteiger partial charge is 0.231 e. The molecule has 112 valence electrons. The van der Waals surface area contributed by atoms with Gasteiger partial charge in [-0.25, -0.2) is 0 Å². The fraction of sp³-hybridized carbons (Fsp3) is 0.875. The van der Waals surface area contributed by atoms with E-state index in [-0.39, 0.29) is 0 Å². The van der Waals surface area contributed by atoms with Gasteiger partial charge in [0.2, 0.25) is 5.89 Å². The second kappa shape index (κ2) is 6.25. The van der Waals surface area contributed by atoms with Crippen molar-refractivity contribution in [2.24, 2.45) is 11.8 Å². The summed E-state index contributed by atoms with van der Waals surface area (Å²) in [4.78, 5) is 4.72. The van der Waals surface area contributed by atoms with Gasteiger partial charge in [0.25, 0.3) is 0 Å². The van der Waals surface area contributed by atoms with E-state index < -0.39 is 0 Å². The number of rotatable bonds is 4. The van der Waals surface area contributed by atoms with Crippen LogP contribution in [0.4, 0.5) is 0 Å². The molecule has 1 aliphatic heterocycles. The molecule has 0 amide bonds. The Morgan fingerprint density at radius 2 is 2.00 bits per heavy atom. The fourth-order valence-electron chi connectivity index (χ4n) is 3.82. The normalized spacial score (nSPS) is 34.5. The van der Waals surface area contributed by atoms with Crippen molar-refractivity contribution in [1.82, 2.24) is 15.5 Å². The van der Waals surface area contributed by atoms with Crippen LogP contribution in [-0.2, 0) is 0 Å². The molecule has 2 heterocycles. The van der Waals surface area contributed by atoms with Crippen LogP contribution < -0.4 is 5.32 Å². The lowest BCUT2D eigenvalue weighted by atomic mass is 9.80. The van der Waals surface area contributed by atoms with Gasteiger partial charge in [0.15, 0.2) is 5.82 Å². The molecule has 3 rings (SSSR count). The maximum absolute atomic E-state index is 5.55. The summed E-state index contributed by atoms with van der Waals surface area (Å²) >= 11 is 0. The maximum Gasteiger partial charge on any atom is 0.231 e. The van der Waals surface area contributed by atoms with Gasteiger partial charge in [-0.2, -0.15) is 4.98 Å². The summed E-state index contributed by atoms with van der Waals surface area (Å²) in [6.45, 7) is 6.58. The van der Waals surface area contributed by atoms with Crippen LogP contribution >= 0.6 is 0 Å². The van der Waals surface area contributed by atoms with Gasteiger partial charge < -0.3 is 9.84 Å². The first kappa shape index (κ1) is 14.1. The molecule has 0 aromatic carbocycles. The Morgan fingerprint density at radius 1 is 1.20 bits per heavy atom. The molecule has 4 heteroatoms. The summed E-state index contributed by atoms with van der Waals surface area (Å²) < 4.78 is 5.55. The molecule has 4 nitrogen and oxygen atoms in total. The molecule has 0 radical (unpaired) electrons. The predicted molar refractivity (Wildman–Crippen MR) is 78.7 cm³/mol. The summed E-state index contributed by atoms with van der Waals surface area (Å²) in [6.07, 6.45) is 7.85. The van der Waals surface area contributed by atoms with E-state index in [4.69, 9.17) is 9.51 Å². The zero-order chi connectivity index (χ0) is 13.9. The Kier molecular flexibility index (Phi) is 4.39. The molecule has 2 aliphatic rings. The summed E-state index contributed by atoms with van der Waals surface area (Å²) in [6, 6.07) is 0. The highest BCUT2D eigenvalue weighted by Crippen LogP contribution is 2.37. The number of hydrogen-bond donors (Lipinski definition) is 1. The summed E-state index contributed by atoms with van der Waals surface area (Å²) in [5.41, 5.74) is 0. The second-order valence-electron chi connectivity index (χ2n) is 6.74. The quantitative estimate of drug-likeness (QED) is 0.915. The van der Waals surface area contributed by atoms with Gasteiger partial charge in [-0.3, -0.25) is 0 Å². The average Bonchev–Trinajstić information content (AvgIpc) is 3.08. The highest BCUT2D eigenvalue weighted by Gasteiger charge is 2.31. The van der Waals surface area contributed by atoms with Crippen molar-refractivity contribution >= 4 is 0 Å². The van der Waals surface area contributed by atoms with E-state index in [2.05, 4.69) is 24.3 Å². The Balaban J connectivity index is 1.60. The molecule has 1 saturated heterocycles. The molecule has 0 spiro atoms. The van der Waals surface area contributed by atoms with Gasteiger partial charge in [0, 0.05) is 12.5 Å². The van der Waals surface area contributed by atoms with Crippen molar-refractivity contribution < 1.29 is 4.52 Å². The lowest BCUT2D eigenvalue weighted by Gasteiger charge is -2.26. The number of nitrogens with one attached hydrogen (secondary N) is 1. The molecule has 1 aromatic heterocycles. The number of nitrogens with zero attached hydrogens (tertiary/aromatic N) is 2. The van der Waals surface area contributed by atoms with E-state index >= 15 is 0 Å². The zero-order valence-electron chi connectivity index (χ0n) is 12.8. The molecule has 0 unspecified atom stereocenters. The van der Waals surface area contributed by atoms with E-state index in [1.54, 1.807) is 0 Å². The van der Waals surface area contributed by atoms with Crippen molar-refractivity contribution in [2.45, 2.75) is 64.2 Å². The molecular weight excluding hydrogens is 250 g/mol. The first-order valence-corrected chi connectivity index (χ1v) is 8.32. The Bertz CT molecular complexity index is 423. The lowest BCUT2D eigenvalue weighted by Crippen LogP contribution is -2.14. The zero-order valence-corrected chi connectivity index (χ0v) is 12.8. The highest BCUT2D eigenvalue weighted by molar-refractivity contribution is 5.04. The van der Waals surface area contributed by atoms with Crippen molar-refractivity contribution in [3.8, 4) is 0 Å².